The van der Waals surface area contributed by atoms with Crippen LogP contribution in [0.1, 0.15) is 232 Å². The molecule has 0 aliphatic carbocycles. The summed E-state index contributed by atoms with van der Waals surface area (Å²) in [7, 11) is 2.07. The third-order valence-corrected chi connectivity index (χ3v) is 9.56. The van der Waals surface area contributed by atoms with Gasteiger partial charge in [0.05, 0.1) is 0 Å². The first-order chi connectivity index (χ1) is 19.7. The van der Waals surface area contributed by atoms with Crippen molar-refractivity contribution in [2.24, 2.45) is 0 Å². The Bertz CT molecular complexity index is 401. The summed E-state index contributed by atoms with van der Waals surface area (Å²) in [5, 5.41) is 0. The highest BCUT2D eigenvalue weighted by atomic mass is 35.5. The van der Waals surface area contributed by atoms with E-state index in [2.05, 4.69) is 20.9 Å². The number of hydrogen-bond donors (Lipinski definition) is 0. The predicted molar refractivity (Wildman–Crippen MR) is 186 cm³/mol. The molecule has 0 amide bonds. The summed E-state index contributed by atoms with van der Waals surface area (Å²) in [6.45, 7) is 4.61. The molecule has 2 heteroatoms. The quantitative estimate of drug-likeness (QED) is 0.0529. The molecule has 0 heterocycles. The molecule has 0 saturated heterocycles. The van der Waals surface area contributed by atoms with Crippen molar-refractivity contribution in [3.8, 4) is 0 Å². The maximum Gasteiger partial charge on any atom is 0.0248 e. The van der Waals surface area contributed by atoms with E-state index in [1.165, 1.54) is 218 Å². The lowest BCUT2D eigenvalue weighted by Gasteiger charge is -2.22. The summed E-state index contributed by atoms with van der Waals surface area (Å²) in [5.41, 5.74) is 0. The Kier molecular flexibility index (Phi) is 35.7. The molecule has 0 aromatic heterocycles. The third-order valence-electron chi connectivity index (χ3n) is 9.28. The van der Waals surface area contributed by atoms with Crippen LogP contribution < -0.4 is 0 Å². The van der Waals surface area contributed by atoms with Gasteiger partial charge in [0, 0.05) is 13.1 Å². The Morgan fingerprint density at radius 3 is 0.675 bits per heavy atom. The van der Waals surface area contributed by atoms with Gasteiger partial charge in [0.15, 0.2) is 0 Å². The summed E-state index contributed by atoms with van der Waals surface area (Å²) >= 11 is 6.42. The van der Waals surface area contributed by atoms with Gasteiger partial charge in [-0.05, 0) is 24.6 Å². The van der Waals surface area contributed by atoms with Crippen LogP contribution in [0.25, 0.3) is 0 Å². The normalized spacial score (nSPS) is 11.8. The standard InChI is InChI=1S/C38H78ClN/c1-4-6-8-10-12-14-16-18-20-22-24-26-28-30-32-34-36-38(40(3)39)37-35-33-31-29-27-25-23-21-19-17-15-13-11-9-7-5-2/h38H,4-37H2,1-3H3. The van der Waals surface area contributed by atoms with E-state index in [4.69, 9.17) is 11.8 Å². The van der Waals surface area contributed by atoms with Gasteiger partial charge in [-0.25, -0.2) is 4.42 Å². The Balaban J connectivity index is 3.37. The summed E-state index contributed by atoms with van der Waals surface area (Å²) in [6.07, 6.45) is 48.8. The molecule has 0 spiro atoms. The molecule has 0 rings (SSSR count). The second-order valence-corrected chi connectivity index (χ2v) is 13.9. The van der Waals surface area contributed by atoms with Crippen LogP contribution >= 0.6 is 11.8 Å². The topological polar surface area (TPSA) is 3.24 Å². The van der Waals surface area contributed by atoms with Crippen LogP contribution in [0.4, 0.5) is 0 Å². The van der Waals surface area contributed by atoms with Crippen LogP contribution in [0.3, 0.4) is 0 Å². The van der Waals surface area contributed by atoms with Crippen molar-refractivity contribution in [2.45, 2.75) is 238 Å². The maximum absolute atomic E-state index is 6.42. The van der Waals surface area contributed by atoms with E-state index < -0.39 is 0 Å². The summed E-state index contributed by atoms with van der Waals surface area (Å²) in [4.78, 5) is 0. The van der Waals surface area contributed by atoms with Crippen LogP contribution in [0.2, 0.25) is 0 Å². The van der Waals surface area contributed by atoms with Crippen molar-refractivity contribution in [1.82, 2.24) is 4.42 Å². The molecule has 0 aliphatic rings. The van der Waals surface area contributed by atoms with Crippen LogP contribution in [0, 0.1) is 0 Å². The third kappa shape index (κ3) is 32.8. The largest absolute Gasteiger partial charge is 0.220 e. The van der Waals surface area contributed by atoms with Crippen molar-refractivity contribution in [3.05, 3.63) is 0 Å². The Labute approximate surface area is 260 Å². The SMILES string of the molecule is CCCCCCCCCCCCCCCCCCC(CCCCCCCCCCCCCCCCCC)N(C)Cl. The van der Waals surface area contributed by atoms with Crippen LogP contribution in [0.5, 0.6) is 0 Å². The Hall–Kier alpha value is 0.250. The summed E-state index contributed by atoms with van der Waals surface area (Å²) in [6, 6.07) is 0.583. The van der Waals surface area contributed by atoms with Crippen molar-refractivity contribution < 1.29 is 0 Å². The Morgan fingerprint density at radius 2 is 0.500 bits per heavy atom. The van der Waals surface area contributed by atoms with Crippen LogP contribution in [-0.2, 0) is 0 Å². The molecule has 242 valence electrons. The highest BCUT2D eigenvalue weighted by Crippen LogP contribution is 2.20. The average Bonchev–Trinajstić information content (AvgIpc) is 2.95. The molecular weight excluding hydrogens is 506 g/mol. The van der Waals surface area contributed by atoms with Crippen molar-refractivity contribution in [3.63, 3.8) is 0 Å². The van der Waals surface area contributed by atoms with E-state index in [9.17, 15) is 0 Å². The first-order valence-electron chi connectivity index (χ1n) is 19.1. The first kappa shape index (κ1) is 40.2. The molecule has 0 aromatic rings. The molecule has 0 unspecified atom stereocenters. The molecule has 0 saturated carbocycles. The summed E-state index contributed by atoms with van der Waals surface area (Å²) < 4.78 is 1.98. The minimum absolute atomic E-state index is 0.583. The van der Waals surface area contributed by atoms with Crippen LogP contribution in [0.15, 0.2) is 0 Å². The van der Waals surface area contributed by atoms with Gasteiger partial charge < -0.3 is 0 Å². The van der Waals surface area contributed by atoms with E-state index in [1.54, 1.807) is 0 Å². The molecule has 40 heavy (non-hydrogen) atoms. The molecule has 0 atom stereocenters. The van der Waals surface area contributed by atoms with E-state index in [1.807, 2.05) is 4.42 Å². The monoisotopic (exact) mass is 584 g/mol. The fourth-order valence-electron chi connectivity index (χ4n) is 6.36. The van der Waals surface area contributed by atoms with E-state index in [-0.39, 0.29) is 0 Å². The molecule has 1 nitrogen and oxygen atoms in total. The van der Waals surface area contributed by atoms with Crippen molar-refractivity contribution in [1.29, 1.82) is 0 Å². The van der Waals surface area contributed by atoms with Crippen molar-refractivity contribution >= 4 is 11.8 Å². The van der Waals surface area contributed by atoms with Gasteiger partial charge in [-0.3, -0.25) is 0 Å². The Morgan fingerprint density at radius 1 is 0.325 bits per heavy atom. The zero-order valence-electron chi connectivity index (χ0n) is 28.4. The highest BCUT2D eigenvalue weighted by Gasteiger charge is 2.12. The second kappa shape index (κ2) is 35.4. The van der Waals surface area contributed by atoms with Gasteiger partial charge in [-0.2, -0.15) is 0 Å². The maximum atomic E-state index is 6.42. The van der Waals surface area contributed by atoms with Crippen LogP contribution in [-0.4, -0.2) is 17.5 Å². The molecule has 0 N–H and O–H groups in total. The van der Waals surface area contributed by atoms with E-state index in [0.29, 0.717) is 6.04 Å². The fraction of sp³-hybridized carbons (Fsp3) is 1.00. The molecule has 0 aliphatic heterocycles. The minimum Gasteiger partial charge on any atom is -0.220 e. The van der Waals surface area contributed by atoms with Gasteiger partial charge in [-0.15, -0.1) is 0 Å². The molecular formula is C38H78ClN. The fourth-order valence-corrected chi connectivity index (χ4v) is 6.55. The lowest BCUT2D eigenvalue weighted by atomic mass is 9.99. The molecule has 0 aromatic carbocycles. The first-order valence-corrected chi connectivity index (χ1v) is 19.4. The van der Waals surface area contributed by atoms with Crippen molar-refractivity contribution in [2.75, 3.05) is 7.05 Å². The molecule has 0 fully saturated rings. The lowest BCUT2D eigenvalue weighted by molar-refractivity contribution is 0.327. The van der Waals surface area contributed by atoms with Gasteiger partial charge in [0.25, 0.3) is 0 Å². The van der Waals surface area contributed by atoms with Gasteiger partial charge >= 0.3 is 0 Å². The summed E-state index contributed by atoms with van der Waals surface area (Å²) in [5.74, 6) is 0. The second-order valence-electron chi connectivity index (χ2n) is 13.4. The van der Waals surface area contributed by atoms with E-state index in [0.717, 1.165) is 0 Å². The van der Waals surface area contributed by atoms with E-state index >= 15 is 0 Å². The number of hydrogen-bond acceptors (Lipinski definition) is 1. The average molecular weight is 585 g/mol. The number of rotatable bonds is 35. The van der Waals surface area contributed by atoms with Gasteiger partial charge in [-0.1, -0.05) is 219 Å². The van der Waals surface area contributed by atoms with Gasteiger partial charge in [0.2, 0.25) is 0 Å². The molecule has 0 bridgehead atoms. The smallest absolute Gasteiger partial charge is 0.0248 e. The minimum atomic E-state index is 0.583. The zero-order chi connectivity index (χ0) is 29.2. The zero-order valence-corrected chi connectivity index (χ0v) is 29.2. The number of unbranched alkanes of at least 4 members (excludes halogenated alkanes) is 30. The predicted octanol–water partition coefficient (Wildman–Crippen LogP) is 14.7. The van der Waals surface area contributed by atoms with Gasteiger partial charge in [0.1, 0.15) is 0 Å². The molecule has 0 radical (unpaired) electrons. The number of halogens is 1. The lowest BCUT2D eigenvalue weighted by Crippen LogP contribution is -2.23. The highest BCUT2D eigenvalue weighted by molar-refractivity contribution is 6.13. The number of nitrogens with zero attached hydrogens (tertiary/aromatic N) is 1.